The maximum Gasteiger partial charge on any atom is 0.242 e. The third kappa shape index (κ3) is 3.70. The SMILES string of the molecule is CC(C)(N)C(=O)N1CCC2(CC1)COC(Cc1cnccn1)C2. The van der Waals surface area contributed by atoms with Gasteiger partial charge in [0, 0.05) is 38.1 Å². The van der Waals surface area contributed by atoms with Crippen LogP contribution in [0.3, 0.4) is 0 Å². The topological polar surface area (TPSA) is 81.3 Å². The van der Waals surface area contributed by atoms with Gasteiger partial charge in [-0.15, -0.1) is 0 Å². The van der Waals surface area contributed by atoms with E-state index < -0.39 is 5.54 Å². The number of ether oxygens (including phenoxy) is 1. The van der Waals surface area contributed by atoms with E-state index in [-0.39, 0.29) is 17.4 Å². The highest BCUT2D eigenvalue weighted by atomic mass is 16.5. The molecule has 6 heteroatoms. The fourth-order valence-corrected chi connectivity index (χ4v) is 3.64. The predicted molar refractivity (Wildman–Crippen MR) is 86.6 cm³/mol. The van der Waals surface area contributed by atoms with E-state index in [0.29, 0.717) is 0 Å². The summed E-state index contributed by atoms with van der Waals surface area (Å²) in [5.74, 6) is 0.0439. The van der Waals surface area contributed by atoms with Crippen molar-refractivity contribution in [3.05, 3.63) is 24.3 Å². The van der Waals surface area contributed by atoms with Crippen LogP contribution in [0.15, 0.2) is 18.6 Å². The van der Waals surface area contributed by atoms with Gasteiger partial charge in [-0.1, -0.05) is 0 Å². The van der Waals surface area contributed by atoms with Gasteiger partial charge in [-0.05, 0) is 38.5 Å². The number of likely N-dealkylation sites (tertiary alicyclic amines) is 1. The largest absolute Gasteiger partial charge is 0.377 e. The van der Waals surface area contributed by atoms with E-state index >= 15 is 0 Å². The minimum atomic E-state index is -0.787. The van der Waals surface area contributed by atoms with Gasteiger partial charge < -0.3 is 15.4 Å². The lowest BCUT2D eigenvalue weighted by Gasteiger charge is -2.40. The normalized spacial score (nSPS) is 24.1. The molecule has 1 atom stereocenters. The molecule has 0 bridgehead atoms. The molecule has 2 N–H and O–H groups in total. The summed E-state index contributed by atoms with van der Waals surface area (Å²) in [6.07, 6.45) is 9.26. The van der Waals surface area contributed by atoms with Crippen molar-refractivity contribution < 1.29 is 9.53 Å². The van der Waals surface area contributed by atoms with Gasteiger partial charge in [0.15, 0.2) is 0 Å². The van der Waals surface area contributed by atoms with E-state index in [9.17, 15) is 4.79 Å². The predicted octanol–water partition coefficient (Wildman–Crippen LogP) is 1.15. The van der Waals surface area contributed by atoms with E-state index in [0.717, 1.165) is 51.1 Å². The number of nitrogens with two attached hydrogens (primary N) is 1. The smallest absolute Gasteiger partial charge is 0.242 e. The molecule has 0 aromatic carbocycles. The first kappa shape index (κ1) is 16.3. The van der Waals surface area contributed by atoms with Crippen LogP contribution >= 0.6 is 0 Å². The first-order valence-corrected chi connectivity index (χ1v) is 8.33. The monoisotopic (exact) mass is 318 g/mol. The van der Waals surface area contributed by atoms with Crippen LogP contribution in [0.1, 0.15) is 38.8 Å². The highest BCUT2D eigenvalue weighted by Crippen LogP contribution is 2.42. The molecule has 0 aliphatic carbocycles. The van der Waals surface area contributed by atoms with Gasteiger partial charge in [-0.3, -0.25) is 14.8 Å². The van der Waals surface area contributed by atoms with Crippen molar-refractivity contribution in [2.75, 3.05) is 19.7 Å². The summed E-state index contributed by atoms with van der Waals surface area (Å²) in [6, 6.07) is 0. The molecule has 6 nitrogen and oxygen atoms in total. The molecule has 3 rings (SSSR count). The zero-order valence-electron chi connectivity index (χ0n) is 14.0. The summed E-state index contributed by atoms with van der Waals surface area (Å²) in [6.45, 7) is 5.89. The van der Waals surface area contributed by atoms with Crippen molar-refractivity contribution in [1.29, 1.82) is 0 Å². The Hall–Kier alpha value is -1.53. The van der Waals surface area contributed by atoms with Gasteiger partial charge in [0.2, 0.25) is 5.91 Å². The molecule has 1 aromatic rings. The molecule has 3 heterocycles. The molecular formula is C17H26N4O2. The number of nitrogens with zero attached hydrogens (tertiary/aromatic N) is 3. The highest BCUT2D eigenvalue weighted by molar-refractivity contribution is 5.85. The second kappa shape index (κ2) is 6.17. The molecule has 2 saturated heterocycles. The molecule has 1 amide bonds. The Kier molecular flexibility index (Phi) is 4.38. The number of amides is 1. The Labute approximate surface area is 137 Å². The van der Waals surface area contributed by atoms with Crippen molar-refractivity contribution in [2.45, 2.75) is 51.2 Å². The van der Waals surface area contributed by atoms with E-state index in [1.54, 1.807) is 32.4 Å². The molecule has 23 heavy (non-hydrogen) atoms. The lowest BCUT2D eigenvalue weighted by Crippen LogP contribution is -2.54. The van der Waals surface area contributed by atoms with Crippen LogP contribution in [0.4, 0.5) is 0 Å². The maximum atomic E-state index is 12.3. The molecule has 126 valence electrons. The summed E-state index contributed by atoms with van der Waals surface area (Å²) in [7, 11) is 0. The zero-order chi connectivity index (χ0) is 16.5. The number of piperidine rings is 1. The van der Waals surface area contributed by atoms with Crippen LogP contribution < -0.4 is 5.73 Å². The third-order valence-electron chi connectivity index (χ3n) is 5.00. The fourth-order valence-electron chi connectivity index (χ4n) is 3.64. The van der Waals surface area contributed by atoms with Crippen LogP contribution in [0.25, 0.3) is 0 Å². The molecule has 2 fully saturated rings. The van der Waals surface area contributed by atoms with Gasteiger partial charge in [-0.2, -0.15) is 0 Å². The fraction of sp³-hybridized carbons (Fsp3) is 0.706. The van der Waals surface area contributed by atoms with E-state index in [4.69, 9.17) is 10.5 Å². The van der Waals surface area contributed by atoms with E-state index in [2.05, 4.69) is 9.97 Å². The Bertz CT molecular complexity index is 547. The Morgan fingerprint density at radius 1 is 1.43 bits per heavy atom. The molecule has 2 aliphatic heterocycles. The molecule has 2 aliphatic rings. The van der Waals surface area contributed by atoms with Crippen LogP contribution in [0.5, 0.6) is 0 Å². The summed E-state index contributed by atoms with van der Waals surface area (Å²) >= 11 is 0. The van der Waals surface area contributed by atoms with Crippen molar-refractivity contribution in [2.24, 2.45) is 11.1 Å². The number of carbonyl (C=O) groups excluding carboxylic acids is 1. The number of hydrogen-bond acceptors (Lipinski definition) is 5. The molecule has 1 aromatic heterocycles. The van der Waals surface area contributed by atoms with Gasteiger partial charge in [0.1, 0.15) is 0 Å². The summed E-state index contributed by atoms with van der Waals surface area (Å²) in [5, 5.41) is 0. The Balaban J connectivity index is 1.54. The van der Waals surface area contributed by atoms with Crippen LogP contribution in [-0.4, -0.2) is 52.1 Å². The number of carbonyl (C=O) groups is 1. The summed E-state index contributed by atoms with van der Waals surface area (Å²) < 4.78 is 6.02. The van der Waals surface area contributed by atoms with E-state index in [1.807, 2.05) is 4.90 Å². The van der Waals surface area contributed by atoms with Gasteiger partial charge >= 0.3 is 0 Å². The second-order valence-electron chi connectivity index (χ2n) is 7.55. The molecule has 1 unspecified atom stereocenters. The molecule has 1 spiro atoms. The van der Waals surface area contributed by atoms with E-state index in [1.165, 1.54) is 0 Å². The summed E-state index contributed by atoms with van der Waals surface area (Å²) in [4.78, 5) is 22.6. The molecule has 0 radical (unpaired) electrons. The first-order chi connectivity index (χ1) is 10.9. The van der Waals surface area contributed by atoms with Gasteiger partial charge in [0.25, 0.3) is 0 Å². The van der Waals surface area contributed by atoms with Crippen molar-refractivity contribution in [3.8, 4) is 0 Å². The second-order valence-corrected chi connectivity index (χ2v) is 7.55. The number of hydrogen-bond donors (Lipinski definition) is 1. The average molecular weight is 318 g/mol. The summed E-state index contributed by atoms with van der Waals surface area (Å²) in [5.41, 5.74) is 6.34. The van der Waals surface area contributed by atoms with Gasteiger partial charge in [-0.25, -0.2) is 0 Å². The third-order valence-corrected chi connectivity index (χ3v) is 5.00. The van der Waals surface area contributed by atoms with Crippen LogP contribution in [-0.2, 0) is 16.0 Å². The van der Waals surface area contributed by atoms with Crippen molar-refractivity contribution >= 4 is 5.91 Å². The average Bonchev–Trinajstić information content (AvgIpc) is 2.90. The minimum absolute atomic E-state index is 0.0439. The van der Waals surface area contributed by atoms with Crippen molar-refractivity contribution in [3.63, 3.8) is 0 Å². The standard InChI is InChI=1S/C17H26N4O2/c1-16(2,18)15(22)21-7-3-17(4-8-21)10-14(23-12-17)9-13-11-19-5-6-20-13/h5-6,11,14H,3-4,7-10,12,18H2,1-2H3. The molecular weight excluding hydrogens is 292 g/mol. The Morgan fingerprint density at radius 2 is 2.17 bits per heavy atom. The van der Waals surface area contributed by atoms with Crippen molar-refractivity contribution in [1.82, 2.24) is 14.9 Å². The Morgan fingerprint density at radius 3 is 2.78 bits per heavy atom. The van der Waals surface area contributed by atoms with Gasteiger partial charge in [0.05, 0.1) is 23.9 Å². The van der Waals surface area contributed by atoms with Crippen LogP contribution in [0.2, 0.25) is 0 Å². The lowest BCUT2D eigenvalue weighted by atomic mass is 9.76. The first-order valence-electron chi connectivity index (χ1n) is 8.33. The maximum absolute atomic E-state index is 12.3. The minimum Gasteiger partial charge on any atom is -0.377 e. The quantitative estimate of drug-likeness (QED) is 0.904. The number of rotatable bonds is 3. The zero-order valence-corrected chi connectivity index (χ0v) is 14.0. The number of aromatic nitrogens is 2. The molecule has 0 saturated carbocycles. The highest BCUT2D eigenvalue weighted by Gasteiger charge is 2.44. The van der Waals surface area contributed by atoms with Crippen LogP contribution in [0, 0.1) is 5.41 Å². The lowest BCUT2D eigenvalue weighted by molar-refractivity contribution is -0.138.